The van der Waals surface area contributed by atoms with Crippen molar-refractivity contribution in [3.63, 3.8) is 0 Å². The number of benzene rings is 7. The lowest BCUT2D eigenvalue weighted by Gasteiger charge is -2.13. The molecule has 0 aliphatic heterocycles. The number of nitrogens with zero attached hydrogens (tertiary/aromatic N) is 3. The predicted octanol–water partition coefficient (Wildman–Crippen LogP) is 15.8. The van der Waals surface area contributed by atoms with Gasteiger partial charge >= 0.3 is 0 Å². The van der Waals surface area contributed by atoms with E-state index in [2.05, 4.69) is 142 Å². The van der Waals surface area contributed by atoms with Gasteiger partial charge in [-0.2, -0.15) is 0 Å². The summed E-state index contributed by atoms with van der Waals surface area (Å²) >= 11 is 0. The Morgan fingerprint density at radius 2 is 0.469 bits per heavy atom. The molecule has 14 rings (SSSR count). The third-order valence-electron chi connectivity index (χ3n) is 12.7. The third kappa shape index (κ3) is 5.44. The van der Waals surface area contributed by atoms with E-state index in [0.29, 0.717) is 0 Å². The van der Waals surface area contributed by atoms with Crippen molar-refractivity contribution in [2.45, 2.75) is 0 Å². The first-order valence-electron chi connectivity index (χ1n) is 21.2. The number of hydrogen-bond acceptors (Lipinski definition) is 7. The number of fused-ring (bicyclic) bond motifs is 12. The topological polar surface area (TPSA) is 91.2 Å². The molecule has 0 saturated carbocycles. The minimum absolute atomic E-state index is 0.824. The molecule has 7 aromatic carbocycles. The lowest BCUT2D eigenvalue weighted by Crippen LogP contribution is -1.87. The minimum Gasteiger partial charge on any atom is -0.456 e. The van der Waals surface area contributed by atoms with E-state index >= 15 is 0 Å². The van der Waals surface area contributed by atoms with Crippen molar-refractivity contribution < 1.29 is 17.7 Å². The van der Waals surface area contributed by atoms with Crippen LogP contribution in [0.25, 0.3) is 143 Å². The lowest BCUT2D eigenvalue weighted by atomic mass is 9.91. The maximum atomic E-state index is 6.40. The smallest absolute Gasteiger partial charge is 0.138 e. The van der Waals surface area contributed by atoms with Gasteiger partial charge in [0.25, 0.3) is 0 Å². The van der Waals surface area contributed by atoms with Gasteiger partial charge in [-0.3, -0.25) is 15.0 Å². The molecule has 0 atom stereocenters. The molecule has 0 N–H and O–H groups in total. The van der Waals surface area contributed by atoms with Crippen molar-refractivity contribution in [2.24, 2.45) is 0 Å². The minimum atomic E-state index is 0.824. The molecular weight excluding hydrogens is 791 g/mol. The lowest BCUT2D eigenvalue weighted by molar-refractivity contribution is 0.668. The largest absolute Gasteiger partial charge is 0.456 e. The van der Waals surface area contributed by atoms with E-state index in [4.69, 9.17) is 17.7 Å². The predicted molar refractivity (Wildman–Crippen MR) is 256 cm³/mol. The molecule has 0 aliphatic rings. The number of furan rings is 4. The van der Waals surface area contributed by atoms with E-state index in [0.717, 1.165) is 143 Å². The summed E-state index contributed by atoms with van der Waals surface area (Å²) in [6.07, 6.45) is 10.9. The molecule has 298 valence electrons. The Hall–Kier alpha value is -8.81. The number of pyridine rings is 3. The summed E-state index contributed by atoms with van der Waals surface area (Å²) < 4.78 is 24.9. The fourth-order valence-corrected chi connectivity index (χ4v) is 9.54. The molecule has 0 bridgehead atoms. The normalized spacial score (nSPS) is 12.1. The zero-order valence-corrected chi connectivity index (χ0v) is 33.9. The average Bonchev–Trinajstić information content (AvgIpc) is 4.13. The summed E-state index contributed by atoms with van der Waals surface area (Å²) in [4.78, 5) is 13.1. The van der Waals surface area contributed by atoms with Crippen LogP contribution in [0.2, 0.25) is 0 Å². The van der Waals surface area contributed by atoms with Crippen LogP contribution in [0.15, 0.2) is 207 Å². The van der Waals surface area contributed by atoms with Crippen LogP contribution >= 0.6 is 0 Å². The van der Waals surface area contributed by atoms with Crippen molar-refractivity contribution >= 4 is 87.8 Å². The SMILES string of the molecule is c1cc(-c2cc(-c3ccc4oc5ccncc5c4c3)cc(-c3ccc4oc5ccncc5c4c3)c2)cc(-c2ccc3oc4ccc(-c5ccc6oc7ccncc7c6c5)cc4c3c2)c1. The molecule has 0 fully saturated rings. The highest BCUT2D eigenvalue weighted by Gasteiger charge is 2.16. The summed E-state index contributed by atoms with van der Waals surface area (Å²) in [6, 6.07) is 53.5. The Morgan fingerprint density at radius 1 is 0.219 bits per heavy atom. The van der Waals surface area contributed by atoms with E-state index in [9.17, 15) is 0 Å². The highest BCUT2D eigenvalue weighted by Crippen LogP contribution is 2.41. The quantitative estimate of drug-likeness (QED) is 0.171. The molecule has 0 saturated heterocycles. The molecule has 64 heavy (non-hydrogen) atoms. The molecule has 0 radical (unpaired) electrons. The molecule has 0 amide bonds. The summed E-state index contributed by atoms with van der Waals surface area (Å²) in [7, 11) is 0. The average molecular weight is 822 g/mol. The highest BCUT2D eigenvalue weighted by atomic mass is 16.3. The zero-order valence-electron chi connectivity index (χ0n) is 33.9. The van der Waals surface area contributed by atoms with Gasteiger partial charge in [-0.05, 0) is 159 Å². The summed E-state index contributed by atoms with van der Waals surface area (Å²) in [5.41, 5.74) is 17.7. The van der Waals surface area contributed by atoms with Crippen molar-refractivity contribution in [1.82, 2.24) is 15.0 Å². The van der Waals surface area contributed by atoms with Crippen molar-refractivity contribution in [3.8, 4) is 55.6 Å². The first-order chi connectivity index (χ1) is 31.6. The maximum Gasteiger partial charge on any atom is 0.138 e. The fraction of sp³-hybridized carbons (Fsp3) is 0. The van der Waals surface area contributed by atoms with E-state index in [1.54, 1.807) is 18.6 Å². The van der Waals surface area contributed by atoms with Gasteiger partial charge in [-0.25, -0.2) is 0 Å². The van der Waals surface area contributed by atoms with Crippen LogP contribution in [0.4, 0.5) is 0 Å². The standard InChI is InChI=1S/C57H31N3O4/c1-2-32(34-4-9-50-42(24-34)43-25-35(5-10-51(43)61-50)36-6-11-52-44(26-36)47-29-58-17-14-55(47)62-52)20-33(3-1)39-21-40(37-7-12-53-45(27-37)48-30-59-18-15-56(48)63-53)23-41(22-39)38-8-13-54-46(28-38)49-31-60-19-16-57(49)64-54/h1-31H. The van der Waals surface area contributed by atoms with Gasteiger partial charge in [0, 0.05) is 80.3 Å². The number of rotatable bonds is 5. The molecule has 7 aromatic heterocycles. The van der Waals surface area contributed by atoms with Crippen LogP contribution in [-0.2, 0) is 0 Å². The second kappa shape index (κ2) is 13.3. The van der Waals surface area contributed by atoms with Crippen molar-refractivity contribution in [2.75, 3.05) is 0 Å². The third-order valence-corrected chi connectivity index (χ3v) is 12.7. The molecule has 0 aliphatic carbocycles. The Bertz CT molecular complexity index is 4090. The van der Waals surface area contributed by atoms with Gasteiger partial charge in [0.05, 0.1) is 0 Å². The van der Waals surface area contributed by atoms with E-state index in [1.165, 1.54) is 0 Å². The van der Waals surface area contributed by atoms with Gasteiger partial charge in [0.1, 0.15) is 44.7 Å². The molecule has 7 heteroatoms. The van der Waals surface area contributed by atoms with Crippen LogP contribution in [0, 0.1) is 0 Å². The maximum absolute atomic E-state index is 6.40. The Morgan fingerprint density at radius 3 is 0.812 bits per heavy atom. The van der Waals surface area contributed by atoms with E-state index in [-0.39, 0.29) is 0 Å². The van der Waals surface area contributed by atoms with Crippen molar-refractivity contribution in [1.29, 1.82) is 0 Å². The summed E-state index contributed by atoms with van der Waals surface area (Å²) in [5.74, 6) is 0. The second-order valence-electron chi connectivity index (χ2n) is 16.5. The van der Waals surface area contributed by atoms with Crippen LogP contribution < -0.4 is 0 Å². The van der Waals surface area contributed by atoms with Gasteiger partial charge < -0.3 is 17.7 Å². The molecule has 7 heterocycles. The summed E-state index contributed by atoms with van der Waals surface area (Å²) in [6.45, 7) is 0. The van der Waals surface area contributed by atoms with Crippen LogP contribution in [0.5, 0.6) is 0 Å². The highest BCUT2D eigenvalue weighted by molar-refractivity contribution is 6.10. The Labute approximate surface area is 363 Å². The Kier molecular flexibility index (Phi) is 7.27. The van der Waals surface area contributed by atoms with Crippen LogP contribution in [-0.4, -0.2) is 15.0 Å². The molecule has 14 aromatic rings. The van der Waals surface area contributed by atoms with Gasteiger partial charge in [-0.15, -0.1) is 0 Å². The summed E-state index contributed by atoms with van der Waals surface area (Å²) in [5, 5.41) is 8.25. The van der Waals surface area contributed by atoms with Gasteiger partial charge in [-0.1, -0.05) is 48.5 Å². The zero-order chi connectivity index (χ0) is 41.9. The van der Waals surface area contributed by atoms with Gasteiger partial charge in [0.2, 0.25) is 0 Å². The van der Waals surface area contributed by atoms with Crippen LogP contribution in [0.1, 0.15) is 0 Å². The number of aromatic nitrogens is 3. The monoisotopic (exact) mass is 821 g/mol. The Balaban J connectivity index is 0.891. The van der Waals surface area contributed by atoms with Crippen LogP contribution in [0.3, 0.4) is 0 Å². The van der Waals surface area contributed by atoms with E-state index in [1.807, 2.05) is 42.9 Å². The molecule has 7 nitrogen and oxygen atoms in total. The fourth-order valence-electron chi connectivity index (χ4n) is 9.54. The molecular formula is C57H31N3O4. The van der Waals surface area contributed by atoms with Gasteiger partial charge in [0.15, 0.2) is 0 Å². The first-order valence-corrected chi connectivity index (χ1v) is 21.2. The number of hydrogen-bond donors (Lipinski definition) is 0. The first kappa shape index (κ1) is 34.9. The second-order valence-corrected chi connectivity index (χ2v) is 16.5. The van der Waals surface area contributed by atoms with E-state index < -0.39 is 0 Å². The molecule has 0 spiro atoms. The van der Waals surface area contributed by atoms with Crippen molar-refractivity contribution in [3.05, 3.63) is 189 Å². The molecule has 0 unspecified atom stereocenters.